The molecular formula is C22H22N6O2S. The molecule has 2 amide bonds. The molecule has 0 aliphatic carbocycles. The Balaban J connectivity index is 1.32. The number of hydrogen-bond donors (Lipinski definition) is 4. The highest BCUT2D eigenvalue weighted by molar-refractivity contribution is 7.71. The maximum atomic E-state index is 12.3. The van der Waals surface area contributed by atoms with Crippen molar-refractivity contribution in [3.05, 3.63) is 70.6 Å². The van der Waals surface area contributed by atoms with Crippen LogP contribution in [0.3, 0.4) is 0 Å². The van der Waals surface area contributed by atoms with Gasteiger partial charge in [-0.1, -0.05) is 42.0 Å². The summed E-state index contributed by atoms with van der Waals surface area (Å²) >= 11 is 5.31. The van der Waals surface area contributed by atoms with Crippen LogP contribution in [0.5, 0.6) is 0 Å². The summed E-state index contributed by atoms with van der Waals surface area (Å²) in [5.41, 5.74) is 8.80. The molecule has 2 aromatic heterocycles. The van der Waals surface area contributed by atoms with E-state index in [9.17, 15) is 9.59 Å². The fraction of sp³-hybridized carbons (Fsp3) is 0.182. The quantitative estimate of drug-likeness (QED) is 0.276. The van der Waals surface area contributed by atoms with Gasteiger partial charge < -0.3 is 4.98 Å². The highest BCUT2D eigenvalue weighted by atomic mass is 32.1. The van der Waals surface area contributed by atoms with Crippen molar-refractivity contribution >= 4 is 34.9 Å². The van der Waals surface area contributed by atoms with Crippen LogP contribution < -0.4 is 10.9 Å². The molecule has 0 fully saturated rings. The number of hydrazine groups is 1. The van der Waals surface area contributed by atoms with E-state index in [4.69, 9.17) is 12.2 Å². The van der Waals surface area contributed by atoms with Gasteiger partial charge in [0.25, 0.3) is 0 Å². The molecule has 2 aromatic carbocycles. The first-order chi connectivity index (χ1) is 15.0. The van der Waals surface area contributed by atoms with E-state index in [2.05, 4.69) is 26.0 Å². The van der Waals surface area contributed by atoms with Gasteiger partial charge in [0.1, 0.15) is 0 Å². The Morgan fingerprint density at radius 3 is 2.74 bits per heavy atom. The van der Waals surface area contributed by atoms with Crippen LogP contribution in [-0.4, -0.2) is 31.6 Å². The summed E-state index contributed by atoms with van der Waals surface area (Å²) in [6, 6.07) is 15.7. The number of amides is 2. The minimum atomic E-state index is -0.314. The molecular weight excluding hydrogens is 412 g/mol. The van der Waals surface area contributed by atoms with Gasteiger partial charge in [-0.25, -0.2) is 0 Å². The van der Waals surface area contributed by atoms with E-state index in [0.29, 0.717) is 17.1 Å². The van der Waals surface area contributed by atoms with Crippen molar-refractivity contribution < 1.29 is 9.59 Å². The number of aromatic amines is 2. The highest BCUT2D eigenvalue weighted by Crippen LogP contribution is 2.19. The summed E-state index contributed by atoms with van der Waals surface area (Å²) in [5.74, 6) is 0.0638. The molecule has 9 heteroatoms. The van der Waals surface area contributed by atoms with E-state index in [1.807, 2.05) is 55.5 Å². The van der Waals surface area contributed by atoms with E-state index in [1.165, 1.54) is 0 Å². The van der Waals surface area contributed by atoms with Crippen molar-refractivity contribution in [2.75, 3.05) is 0 Å². The van der Waals surface area contributed by atoms with Crippen LogP contribution in [-0.2, 0) is 22.6 Å². The molecule has 158 valence electrons. The van der Waals surface area contributed by atoms with Gasteiger partial charge in [-0.05, 0) is 36.8 Å². The number of hydrogen-bond acceptors (Lipinski definition) is 4. The summed E-state index contributed by atoms with van der Waals surface area (Å²) in [6.45, 7) is 2.34. The Kier molecular flexibility index (Phi) is 5.94. The van der Waals surface area contributed by atoms with Crippen molar-refractivity contribution in [1.82, 2.24) is 30.6 Å². The minimum Gasteiger partial charge on any atom is -0.361 e. The largest absolute Gasteiger partial charge is 0.361 e. The Morgan fingerprint density at radius 1 is 1.10 bits per heavy atom. The second-order valence-corrected chi connectivity index (χ2v) is 7.64. The summed E-state index contributed by atoms with van der Waals surface area (Å²) in [4.78, 5) is 27.6. The molecule has 0 spiro atoms. The molecule has 0 bridgehead atoms. The topological polar surface area (TPSA) is 108 Å². The Labute approximate surface area is 183 Å². The summed E-state index contributed by atoms with van der Waals surface area (Å²) in [6.07, 6.45) is 2.11. The maximum absolute atomic E-state index is 12.3. The second-order valence-electron chi connectivity index (χ2n) is 7.26. The second kappa shape index (κ2) is 8.97. The van der Waals surface area contributed by atoms with Gasteiger partial charge in [-0.15, -0.1) is 0 Å². The third-order valence-electron chi connectivity index (χ3n) is 4.96. The number of H-pyrrole nitrogens is 2. The van der Waals surface area contributed by atoms with E-state index < -0.39 is 0 Å². The zero-order chi connectivity index (χ0) is 21.8. The fourth-order valence-corrected chi connectivity index (χ4v) is 3.66. The van der Waals surface area contributed by atoms with E-state index >= 15 is 0 Å². The first-order valence-corrected chi connectivity index (χ1v) is 10.3. The number of aromatic nitrogens is 4. The van der Waals surface area contributed by atoms with Crippen LogP contribution in [0, 0.1) is 11.7 Å². The lowest BCUT2D eigenvalue weighted by atomic mass is 10.1. The zero-order valence-corrected chi connectivity index (χ0v) is 17.8. The summed E-state index contributed by atoms with van der Waals surface area (Å²) < 4.78 is 2.21. The highest BCUT2D eigenvalue weighted by Gasteiger charge is 2.12. The van der Waals surface area contributed by atoms with Crippen LogP contribution in [0.2, 0.25) is 0 Å². The van der Waals surface area contributed by atoms with Gasteiger partial charge in [-0.3, -0.25) is 30.1 Å². The Bertz CT molecular complexity index is 1300. The number of para-hydroxylation sites is 1. The molecule has 0 atom stereocenters. The van der Waals surface area contributed by atoms with Gasteiger partial charge >= 0.3 is 0 Å². The van der Waals surface area contributed by atoms with Gasteiger partial charge in [-0.2, -0.15) is 5.10 Å². The normalized spacial score (nSPS) is 10.9. The molecule has 4 N–H and O–H groups in total. The lowest BCUT2D eigenvalue weighted by molar-refractivity contribution is -0.128. The predicted molar refractivity (Wildman–Crippen MR) is 120 cm³/mol. The van der Waals surface area contributed by atoms with Crippen molar-refractivity contribution in [2.45, 2.75) is 26.3 Å². The molecule has 4 rings (SSSR count). The molecule has 0 aliphatic rings. The van der Waals surface area contributed by atoms with Crippen molar-refractivity contribution in [2.24, 2.45) is 0 Å². The number of benzene rings is 2. The molecule has 0 aliphatic heterocycles. The molecule has 8 nitrogen and oxygen atoms in total. The Hall–Kier alpha value is -3.72. The van der Waals surface area contributed by atoms with Crippen molar-refractivity contribution in [1.29, 1.82) is 0 Å². The van der Waals surface area contributed by atoms with Crippen LogP contribution in [0.15, 0.2) is 54.7 Å². The fourth-order valence-electron chi connectivity index (χ4n) is 3.44. The monoisotopic (exact) mass is 434 g/mol. The smallest absolute Gasteiger partial charge is 0.242 e. The number of aryl methyl sites for hydroxylation is 1. The first kappa shape index (κ1) is 20.5. The average Bonchev–Trinajstić information content (AvgIpc) is 3.34. The predicted octanol–water partition coefficient (Wildman–Crippen LogP) is 3.18. The number of rotatable bonds is 6. The molecule has 0 saturated carbocycles. The van der Waals surface area contributed by atoms with Crippen LogP contribution in [0.4, 0.5) is 0 Å². The van der Waals surface area contributed by atoms with Gasteiger partial charge in [0.2, 0.25) is 11.8 Å². The first-order valence-electron chi connectivity index (χ1n) is 9.86. The average molecular weight is 435 g/mol. The number of fused-ring (bicyclic) bond motifs is 1. The van der Waals surface area contributed by atoms with E-state index in [0.717, 1.165) is 27.6 Å². The van der Waals surface area contributed by atoms with Gasteiger partial charge in [0.05, 0.1) is 6.42 Å². The van der Waals surface area contributed by atoms with E-state index in [1.54, 1.807) is 10.8 Å². The van der Waals surface area contributed by atoms with Crippen LogP contribution in [0.1, 0.15) is 17.5 Å². The summed E-state index contributed by atoms with van der Waals surface area (Å²) in [7, 11) is 0. The summed E-state index contributed by atoms with van der Waals surface area (Å²) in [5, 5.41) is 8.06. The SMILES string of the molecule is Cc1cccc(-c2n[nH]c(=S)n2CCC(=O)NNC(=O)Cc2c[nH]c3ccccc23)c1. The van der Waals surface area contributed by atoms with Gasteiger partial charge in [0, 0.05) is 35.6 Å². The maximum Gasteiger partial charge on any atom is 0.242 e. The number of nitrogens with zero attached hydrogens (tertiary/aromatic N) is 2. The lowest BCUT2D eigenvalue weighted by Gasteiger charge is -2.09. The molecule has 4 aromatic rings. The van der Waals surface area contributed by atoms with Crippen molar-refractivity contribution in [3.63, 3.8) is 0 Å². The molecule has 0 unspecified atom stereocenters. The standard InChI is InChI=1S/C22H22N6O2S/c1-14-5-4-6-15(11-14)21-26-27-22(31)28(21)10-9-19(29)24-25-20(30)12-16-13-23-18-8-3-2-7-17(16)18/h2-8,11,13,23H,9-10,12H2,1H3,(H,24,29)(H,25,30)(H,27,31). The van der Waals surface area contributed by atoms with Crippen LogP contribution >= 0.6 is 12.2 Å². The van der Waals surface area contributed by atoms with Crippen molar-refractivity contribution in [3.8, 4) is 11.4 Å². The number of carbonyl (C=O) groups excluding carboxylic acids is 2. The van der Waals surface area contributed by atoms with E-state index in [-0.39, 0.29) is 24.7 Å². The molecule has 0 saturated heterocycles. The molecule has 31 heavy (non-hydrogen) atoms. The minimum absolute atomic E-state index is 0.139. The number of nitrogens with one attached hydrogen (secondary N) is 4. The Morgan fingerprint density at radius 2 is 1.90 bits per heavy atom. The number of carbonyl (C=O) groups is 2. The third-order valence-corrected chi connectivity index (χ3v) is 5.28. The van der Waals surface area contributed by atoms with Crippen LogP contribution in [0.25, 0.3) is 22.3 Å². The molecule has 2 heterocycles. The molecule has 0 radical (unpaired) electrons. The third kappa shape index (κ3) is 4.72. The zero-order valence-electron chi connectivity index (χ0n) is 16.9. The van der Waals surface area contributed by atoms with Gasteiger partial charge in [0.15, 0.2) is 10.6 Å². The lowest BCUT2D eigenvalue weighted by Crippen LogP contribution is -2.42.